The van der Waals surface area contributed by atoms with Crippen LogP contribution in [-0.2, 0) is 19.6 Å². The van der Waals surface area contributed by atoms with Gasteiger partial charge < -0.3 is 5.32 Å². The van der Waals surface area contributed by atoms with Gasteiger partial charge >= 0.3 is 0 Å². The van der Waals surface area contributed by atoms with Crippen LogP contribution in [0.2, 0.25) is 0 Å². The number of pyridine rings is 2. The fourth-order valence-electron chi connectivity index (χ4n) is 2.87. The molecule has 3 rings (SSSR count). The lowest BCUT2D eigenvalue weighted by molar-refractivity contribution is -0.384. The summed E-state index contributed by atoms with van der Waals surface area (Å²) in [4.78, 5) is 21.5. The van der Waals surface area contributed by atoms with Gasteiger partial charge in [0.1, 0.15) is 0 Å². The Labute approximate surface area is 164 Å². The molecule has 0 aliphatic heterocycles. The van der Waals surface area contributed by atoms with E-state index in [1.807, 2.05) is 48.5 Å². The van der Waals surface area contributed by atoms with Crippen molar-refractivity contribution in [2.45, 2.75) is 19.6 Å². The van der Waals surface area contributed by atoms with Gasteiger partial charge in [-0.2, -0.15) is 0 Å². The summed E-state index contributed by atoms with van der Waals surface area (Å²) < 4.78 is 0. The second-order valence-corrected chi connectivity index (χ2v) is 6.45. The highest BCUT2D eigenvalue weighted by Gasteiger charge is 2.10. The Hall–Kier alpha value is -3.16. The third kappa shape index (κ3) is 6.22. The van der Waals surface area contributed by atoms with E-state index >= 15 is 0 Å². The van der Waals surface area contributed by atoms with Gasteiger partial charge in [0.15, 0.2) is 0 Å². The third-order valence-corrected chi connectivity index (χ3v) is 4.30. The van der Waals surface area contributed by atoms with Gasteiger partial charge in [0.25, 0.3) is 5.69 Å². The number of nitrogens with one attached hydrogen (secondary N) is 1. The van der Waals surface area contributed by atoms with Gasteiger partial charge in [-0.1, -0.05) is 24.3 Å². The Bertz CT molecular complexity index is 857. The van der Waals surface area contributed by atoms with E-state index in [-0.39, 0.29) is 10.6 Å². The van der Waals surface area contributed by atoms with E-state index in [1.165, 1.54) is 0 Å². The Morgan fingerprint density at radius 3 is 2.18 bits per heavy atom. The molecule has 1 aromatic carbocycles. The summed E-state index contributed by atoms with van der Waals surface area (Å²) in [5.74, 6) is 0. The van der Waals surface area contributed by atoms with Gasteiger partial charge in [0.05, 0.1) is 16.3 Å². The van der Waals surface area contributed by atoms with Crippen LogP contribution in [0.25, 0.3) is 0 Å². The van der Waals surface area contributed by atoms with Crippen LogP contribution in [-0.4, -0.2) is 32.9 Å². The maximum atomic E-state index is 10.8. The van der Waals surface area contributed by atoms with Crippen molar-refractivity contribution in [3.63, 3.8) is 0 Å². The number of hydrogen-bond donors (Lipinski definition) is 1. The largest absolute Gasteiger partial charge is 0.310 e. The summed E-state index contributed by atoms with van der Waals surface area (Å²) in [5.41, 5.74) is 3.14. The minimum atomic E-state index is -0.378. The maximum absolute atomic E-state index is 10.8. The van der Waals surface area contributed by atoms with Gasteiger partial charge in [-0.25, -0.2) is 0 Å². The molecular formula is C21H23N5O2. The Morgan fingerprint density at radius 1 is 0.893 bits per heavy atom. The lowest BCUT2D eigenvalue weighted by Crippen LogP contribution is -2.31. The normalized spacial score (nSPS) is 10.9. The Morgan fingerprint density at radius 2 is 1.57 bits per heavy atom. The summed E-state index contributed by atoms with van der Waals surface area (Å²) in [6, 6.07) is 18.5. The number of nitro groups is 1. The molecule has 7 nitrogen and oxygen atoms in total. The molecule has 0 saturated heterocycles. The van der Waals surface area contributed by atoms with Crippen LogP contribution in [0.15, 0.2) is 73.1 Å². The van der Waals surface area contributed by atoms with Crippen molar-refractivity contribution in [2.75, 3.05) is 13.1 Å². The third-order valence-electron chi connectivity index (χ3n) is 4.30. The molecule has 0 aliphatic rings. The first-order valence-corrected chi connectivity index (χ1v) is 9.17. The average Bonchev–Trinajstić information content (AvgIpc) is 2.73. The first-order valence-electron chi connectivity index (χ1n) is 9.17. The van der Waals surface area contributed by atoms with Crippen molar-refractivity contribution in [1.29, 1.82) is 0 Å². The number of hydrogen-bond acceptors (Lipinski definition) is 6. The predicted molar refractivity (Wildman–Crippen MR) is 107 cm³/mol. The van der Waals surface area contributed by atoms with Gasteiger partial charge in [-0.15, -0.1) is 0 Å². The molecule has 0 fully saturated rings. The summed E-state index contributed by atoms with van der Waals surface area (Å²) in [6.45, 7) is 3.75. The molecule has 0 amide bonds. The molecule has 28 heavy (non-hydrogen) atoms. The fourth-order valence-corrected chi connectivity index (χ4v) is 2.87. The lowest BCUT2D eigenvalue weighted by atomic mass is 10.2. The minimum absolute atomic E-state index is 0.108. The fraction of sp³-hybridized carbons (Fsp3) is 0.238. The van der Waals surface area contributed by atoms with E-state index in [0.29, 0.717) is 13.1 Å². The molecule has 0 unspecified atom stereocenters. The molecule has 0 radical (unpaired) electrons. The molecule has 0 saturated carbocycles. The molecule has 2 aromatic heterocycles. The molecule has 2 heterocycles. The van der Waals surface area contributed by atoms with Crippen LogP contribution in [0, 0.1) is 10.1 Å². The molecule has 1 N–H and O–H groups in total. The van der Waals surface area contributed by atoms with Crippen molar-refractivity contribution < 1.29 is 4.92 Å². The topological polar surface area (TPSA) is 84.2 Å². The van der Waals surface area contributed by atoms with Gasteiger partial charge in [0.2, 0.25) is 0 Å². The van der Waals surface area contributed by atoms with Crippen LogP contribution < -0.4 is 5.32 Å². The van der Waals surface area contributed by atoms with Crippen LogP contribution in [0.5, 0.6) is 0 Å². The van der Waals surface area contributed by atoms with Crippen molar-refractivity contribution in [2.24, 2.45) is 0 Å². The van der Waals surface area contributed by atoms with E-state index in [0.717, 1.165) is 36.6 Å². The Kier molecular flexibility index (Phi) is 7.17. The molecular weight excluding hydrogens is 354 g/mol. The highest BCUT2D eigenvalue weighted by atomic mass is 16.6. The van der Waals surface area contributed by atoms with Crippen LogP contribution >= 0.6 is 0 Å². The van der Waals surface area contributed by atoms with Crippen LogP contribution in [0.3, 0.4) is 0 Å². The molecule has 144 valence electrons. The number of benzene rings is 1. The van der Waals surface area contributed by atoms with E-state index < -0.39 is 0 Å². The average molecular weight is 377 g/mol. The van der Waals surface area contributed by atoms with E-state index in [4.69, 9.17) is 0 Å². The molecule has 7 heteroatoms. The van der Waals surface area contributed by atoms with E-state index in [1.54, 1.807) is 24.5 Å². The smallest absolute Gasteiger partial charge is 0.269 e. The van der Waals surface area contributed by atoms with Gasteiger partial charge in [0, 0.05) is 57.3 Å². The Balaban J connectivity index is 1.58. The van der Waals surface area contributed by atoms with Crippen molar-refractivity contribution in [1.82, 2.24) is 20.2 Å². The maximum Gasteiger partial charge on any atom is 0.269 e. The first kappa shape index (κ1) is 19.6. The predicted octanol–water partition coefficient (Wildman–Crippen LogP) is 3.18. The van der Waals surface area contributed by atoms with Crippen LogP contribution in [0.4, 0.5) is 5.69 Å². The van der Waals surface area contributed by atoms with E-state index in [2.05, 4.69) is 20.2 Å². The summed E-state index contributed by atoms with van der Waals surface area (Å²) in [5, 5.41) is 14.3. The number of rotatable bonds is 10. The monoisotopic (exact) mass is 377 g/mol. The standard InChI is InChI=1S/C21H23N5O2/c27-26(28)21-9-7-18(8-10-21)16-25(17-20-6-2-4-12-24-20)14-13-22-15-19-5-1-3-11-23-19/h1-12,22H,13-17H2. The number of aromatic nitrogens is 2. The van der Waals surface area contributed by atoms with Gasteiger partial charge in [-0.3, -0.25) is 25.0 Å². The minimum Gasteiger partial charge on any atom is -0.310 e. The molecule has 0 aliphatic carbocycles. The zero-order chi connectivity index (χ0) is 19.6. The zero-order valence-electron chi connectivity index (χ0n) is 15.6. The summed E-state index contributed by atoms with van der Waals surface area (Å²) in [6.07, 6.45) is 3.58. The SMILES string of the molecule is O=[N+]([O-])c1ccc(CN(CCNCc2ccccn2)Cc2ccccn2)cc1. The highest BCUT2D eigenvalue weighted by Crippen LogP contribution is 2.14. The number of nitro benzene ring substituents is 1. The number of non-ortho nitro benzene ring substituents is 1. The summed E-state index contributed by atoms with van der Waals surface area (Å²) in [7, 11) is 0. The number of nitrogens with zero attached hydrogens (tertiary/aromatic N) is 4. The molecule has 0 spiro atoms. The van der Waals surface area contributed by atoms with Crippen molar-refractivity contribution >= 4 is 5.69 Å². The zero-order valence-corrected chi connectivity index (χ0v) is 15.6. The van der Waals surface area contributed by atoms with E-state index in [9.17, 15) is 10.1 Å². The van der Waals surface area contributed by atoms with Crippen molar-refractivity contribution in [3.8, 4) is 0 Å². The quantitative estimate of drug-likeness (QED) is 0.332. The molecule has 3 aromatic rings. The molecule has 0 bridgehead atoms. The first-order chi connectivity index (χ1) is 13.7. The second kappa shape index (κ2) is 10.2. The molecule has 0 atom stereocenters. The van der Waals surface area contributed by atoms with Gasteiger partial charge in [-0.05, 0) is 29.8 Å². The summed E-state index contributed by atoms with van der Waals surface area (Å²) >= 11 is 0. The lowest BCUT2D eigenvalue weighted by Gasteiger charge is -2.22. The highest BCUT2D eigenvalue weighted by molar-refractivity contribution is 5.32. The van der Waals surface area contributed by atoms with Crippen molar-refractivity contribution in [3.05, 3.63) is 100 Å². The van der Waals surface area contributed by atoms with Crippen LogP contribution in [0.1, 0.15) is 17.0 Å². The second-order valence-electron chi connectivity index (χ2n) is 6.45.